The third kappa shape index (κ3) is 3.04. The number of hydrogen-bond acceptors (Lipinski definition) is 5. The van der Waals surface area contributed by atoms with Gasteiger partial charge < -0.3 is 24.4 Å². The van der Waals surface area contributed by atoms with E-state index in [2.05, 4.69) is 4.90 Å². The number of hydrogen-bond donors (Lipinski definition) is 0. The maximum absolute atomic E-state index is 12.9. The van der Waals surface area contributed by atoms with Gasteiger partial charge in [-0.25, -0.2) is 0 Å². The molecule has 0 spiro atoms. The summed E-state index contributed by atoms with van der Waals surface area (Å²) in [5.41, 5.74) is 0.961. The van der Waals surface area contributed by atoms with E-state index >= 15 is 0 Å². The van der Waals surface area contributed by atoms with Crippen LogP contribution in [0.25, 0.3) is 0 Å². The van der Waals surface area contributed by atoms with E-state index < -0.39 is 17.8 Å². The molecule has 3 aliphatic rings. The van der Waals surface area contributed by atoms with E-state index in [1.807, 2.05) is 12.1 Å². The van der Waals surface area contributed by atoms with Gasteiger partial charge >= 0.3 is 0 Å². The quantitative estimate of drug-likeness (QED) is 0.765. The summed E-state index contributed by atoms with van der Waals surface area (Å²) in [6.07, 6.45) is 0.770. The molecule has 1 aromatic rings. The molecule has 1 amide bonds. The largest absolute Gasteiger partial charge is 0.550 e. The number of piperazine rings is 1. The highest BCUT2D eigenvalue weighted by Gasteiger charge is 2.53. The fourth-order valence-corrected chi connectivity index (χ4v) is 4.66. The number of aliphatic carboxylic acids is 1. The zero-order chi connectivity index (χ0) is 18.4. The van der Waals surface area contributed by atoms with Crippen LogP contribution in [0, 0.1) is 11.8 Å². The minimum Gasteiger partial charge on any atom is -0.550 e. The van der Waals surface area contributed by atoms with Crippen molar-refractivity contribution in [2.24, 2.45) is 11.8 Å². The second-order valence-electron chi connectivity index (χ2n) is 7.07. The summed E-state index contributed by atoms with van der Waals surface area (Å²) in [5, 5.41) is 12.5. The molecule has 3 fully saturated rings. The topological polar surface area (TPSA) is 72.9 Å². The van der Waals surface area contributed by atoms with E-state index in [1.165, 1.54) is 0 Å². The molecule has 140 valence electrons. The molecule has 6 nitrogen and oxygen atoms in total. The Kier molecular flexibility index (Phi) is 4.75. The number of carboxylic acid groups (broad SMARTS) is 1. The van der Waals surface area contributed by atoms with Crippen LogP contribution in [0.4, 0.5) is 5.69 Å². The lowest BCUT2D eigenvalue weighted by molar-refractivity contribution is -0.314. The summed E-state index contributed by atoms with van der Waals surface area (Å²) >= 11 is 12.0. The van der Waals surface area contributed by atoms with Gasteiger partial charge in [-0.2, -0.15) is 0 Å². The molecular formula is C18H19Cl2N2O4-. The van der Waals surface area contributed by atoms with Crippen LogP contribution in [0.15, 0.2) is 18.2 Å². The summed E-state index contributed by atoms with van der Waals surface area (Å²) in [7, 11) is 0. The van der Waals surface area contributed by atoms with E-state index in [0.717, 1.165) is 12.1 Å². The SMILES string of the molecule is O=C([O-])[C@@H]1[C@@H](C(=O)N2CCN(c3ccc(Cl)c(Cl)c3)CC2)[C@H]2CC[C@@H]1O2. The van der Waals surface area contributed by atoms with Crippen molar-refractivity contribution in [2.75, 3.05) is 31.1 Å². The van der Waals surface area contributed by atoms with Crippen LogP contribution in [0.1, 0.15) is 12.8 Å². The third-order valence-electron chi connectivity index (χ3n) is 5.69. The first-order valence-corrected chi connectivity index (χ1v) is 9.56. The molecule has 4 rings (SSSR count). The Bertz CT molecular complexity index is 736. The molecule has 26 heavy (non-hydrogen) atoms. The molecule has 0 aliphatic carbocycles. The van der Waals surface area contributed by atoms with Gasteiger partial charge in [0.1, 0.15) is 0 Å². The fourth-order valence-electron chi connectivity index (χ4n) is 4.37. The molecule has 8 heteroatoms. The normalized spacial score (nSPS) is 30.7. The Hall–Kier alpha value is -1.50. The summed E-state index contributed by atoms with van der Waals surface area (Å²) in [4.78, 5) is 28.3. The lowest BCUT2D eigenvalue weighted by Gasteiger charge is -2.39. The molecule has 0 radical (unpaired) electrons. The van der Waals surface area contributed by atoms with E-state index in [4.69, 9.17) is 27.9 Å². The Morgan fingerprint density at radius 1 is 1.00 bits per heavy atom. The van der Waals surface area contributed by atoms with Gasteiger partial charge in [0.2, 0.25) is 5.91 Å². The van der Waals surface area contributed by atoms with Crippen molar-refractivity contribution in [3.8, 4) is 0 Å². The fraction of sp³-hybridized carbons (Fsp3) is 0.556. The van der Waals surface area contributed by atoms with E-state index in [0.29, 0.717) is 42.6 Å². The summed E-state index contributed by atoms with van der Waals surface area (Å²) < 4.78 is 5.68. The lowest BCUT2D eigenvalue weighted by Crippen LogP contribution is -2.54. The number of nitrogens with zero attached hydrogens (tertiary/aromatic N) is 2. The first-order chi connectivity index (χ1) is 12.5. The average Bonchev–Trinajstić information content (AvgIpc) is 3.25. The van der Waals surface area contributed by atoms with E-state index in [1.54, 1.807) is 11.0 Å². The maximum atomic E-state index is 12.9. The number of carboxylic acids is 1. The molecule has 0 unspecified atom stereocenters. The molecule has 0 N–H and O–H groups in total. The summed E-state index contributed by atoms with van der Waals surface area (Å²) in [5.74, 6) is -2.74. The number of fused-ring (bicyclic) bond motifs is 2. The number of rotatable bonds is 3. The number of carbonyl (C=O) groups excluding carboxylic acids is 2. The van der Waals surface area contributed by atoms with Gasteiger partial charge in [0.05, 0.1) is 28.2 Å². The number of benzene rings is 1. The van der Waals surface area contributed by atoms with Crippen LogP contribution >= 0.6 is 23.2 Å². The van der Waals surface area contributed by atoms with E-state index in [-0.39, 0.29) is 18.1 Å². The van der Waals surface area contributed by atoms with Gasteiger partial charge in [0, 0.05) is 43.8 Å². The molecule has 3 saturated heterocycles. The molecular weight excluding hydrogens is 379 g/mol. The number of carbonyl (C=O) groups is 2. The maximum Gasteiger partial charge on any atom is 0.229 e. The Morgan fingerprint density at radius 3 is 2.27 bits per heavy atom. The van der Waals surface area contributed by atoms with Crippen molar-refractivity contribution in [3.63, 3.8) is 0 Å². The monoisotopic (exact) mass is 397 g/mol. The third-order valence-corrected chi connectivity index (χ3v) is 6.43. The standard InChI is InChI=1S/C18H20Cl2N2O4/c19-11-2-1-10(9-12(11)20)21-5-7-22(8-6-21)17(23)15-13-3-4-14(26-13)16(15)18(24)25/h1-2,9,13-16H,3-8H2,(H,24,25)/p-1/t13-,14+,15+,16+/m1/s1. The van der Waals surface area contributed by atoms with Crippen LogP contribution in [0.5, 0.6) is 0 Å². The molecule has 3 heterocycles. The Labute approximate surface area is 161 Å². The molecule has 2 bridgehead atoms. The van der Waals surface area contributed by atoms with Crippen LogP contribution < -0.4 is 10.0 Å². The van der Waals surface area contributed by atoms with Crippen molar-refractivity contribution < 1.29 is 19.4 Å². The van der Waals surface area contributed by atoms with Crippen LogP contribution in [0.3, 0.4) is 0 Å². The number of anilines is 1. The number of amides is 1. The second-order valence-corrected chi connectivity index (χ2v) is 7.89. The molecule has 0 aromatic heterocycles. The first kappa shape index (κ1) is 17.9. The zero-order valence-electron chi connectivity index (χ0n) is 14.1. The Morgan fingerprint density at radius 2 is 1.65 bits per heavy atom. The predicted octanol–water partition coefficient (Wildman–Crippen LogP) is 1.19. The van der Waals surface area contributed by atoms with Crippen molar-refractivity contribution in [1.29, 1.82) is 0 Å². The molecule has 4 atom stereocenters. The molecule has 0 saturated carbocycles. The Balaban J connectivity index is 1.42. The highest BCUT2D eigenvalue weighted by atomic mass is 35.5. The molecule has 1 aromatic carbocycles. The zero-order valence-corrected chi connectivity index (χ0v) is 15.6. The second kappa shape index (κ2) is 6.91. The van der Waals surface area contributed by atoms with E-state index in [9.17, 15) is 14.7 Å². The minimum absolute atomic E-state index is 0.125. The average molecular weight is 398 g/mol. The highest BCUT2D eigenvalue weighted by Crippen LogP contribution is 2.44. The number of ether oxygens (including phenoxy) is 1. The first-order valence-electron chi connectivity index (χ1n) is 8.81. The number of halogens is 2. The van der Waals surface area contributed by atoms with Gasteiger partial charge in [-0.3, -0.25) is 4.79 Å². The van der Waals surface area contributed by atoms with Gasteiger partial charge in [0.25, 0.3) is 0 Å². The van der Waals surface area contributed by atoms with Crippen LogP contribution in [-0.2, 0) is 14.3 Å². The van der Waals surface area contributed by atoms with Crippen LogP contribution in [0.2, 0.25) is 10.0 Å². The predicted molar refractivity (Wildman–Crippen MR) is 95.1 cm³/mol. The lowest BCUT2D eigenvalue weighted by atomic mass is 9.78. The van der Waals surface area contributed by atoms with Gasteiger partial charge in [-0.05, 0) is 31.0 Å². The van der Waals surface area contributed by atoms with Gasteiger partial charge in [0.15, 0.2) is 0 Å². The van der Waals surface area contributed by atoms with Crippen molar-refractivity contribution >= 4 is 40.8 Å². The minimum atomic E-state index is -1.18. The van der Waals surface area contributed by atoms with Crippen molar-refractivity contribution in [2.45, 2.75) is 25.0 Å². The summed E-state index contributed by atoms with van der Waals surface area (Å²) in [6, 6.07) is 5.48. The van der Waals surface area contributed by atoms with Gasteiger partial charge in [-0.15, -0.1) is 0 Å². The summed E-state index contributed by atoms with van der Waals surface area (Å²) in [6.45, 7) is 2.38. The van der Waals surface area contributed by atoms with Crippen molar-refractivity contribution in [3.05, 3.63) is 28.2 Å². The highest BCUT2D eigenvalue weighted by molar-refractivity contribution is 6.42. The van der Waals surface area contributed by atoms with Crippen molar-refractivity contribution in [1.82, 2.24) is 4.90 Å². The smallest absolute Gasteiger partial charge is 0.229 e. The van der Waals surface area contributed by atoms with Crippen LogP contribution in [-0.4, -0.2) is 55.2 Å². The molecule has 3 aliphatic heterocycles. The van der Waals surface area contributed by atoms with Gasteiger partial charge in [-0.1, -0.05) is 23.2 Å².